The van der Waals surface area contributed by atoms with Gasteiger partial charge in [-0.3, -0.25) is 0 Å². The van der Waals surface area contributed by atoms with Gasteiger partial charge in [0.1, 0.15) is 17.9 Å². The molecule has 0 amide bonds. The molecule has 0 fully saturated rings. The van der Waals surface area contributed by atoms with Crippen LogP contribution in [0.15, 0.2) is 0 Å². The van der Waals surface area contributed by atoms with Crippen molar-refractivity contribution in [2.45, 2.75) is 125 Å². The van der Waals surface area contributed by atoms with Crippen LogP contribution in [0.1, 0.15) is 0 Å². The summed E-state index contributed by atoms with van der Waals surface area (Å²) in [6.45, 7) is 0. The number of halogens is 45. The quantitative estimate of drug-likeness (QED) is 0.126. The van der Waals surface area contributed by atoms with E-state index in [1.807, 2.05) is 0 Å². The Morgan fingerprint density at radius 1 is 0.171 bits per heavy atom. The average Bonchev–Trinajstić information content (AvgIpc) is 3.15. The zero-order valence-corrected chi connectivity index (χ0v) is 33.1. The maximum Gasteiger partial charge on any atom is 3.00 e. The van der Waals surface area contributed by atoms with Gasteiger partial charge < -0.3 is 29.7 Å². The molecular formula is C24CrF45O6. The van der Waals surface area contributed by atoms with Crippen LogP contribution in [0, 0.1) is 0 Å². The molecule has 0 atom stereocenters. The molecule has 0 saturated carbocycles. The molecule has 453 valence electrons. The summed E-state index contributed by atoms with van der Waals surface area (Å²) in [5, 5.41) is 28.8. The van der Waals surface area contributed by atoms with Gasteiger partial charge in [0, 0.05) is 0 Å². The number of carbonyl (C=O) groups excluding carboxylic acids is 3. The van der Waals surface area contributed by atoms with Crippen LogP contribution >= 0.6 is 0 Å². The number of carboxylic acids is 3. The summed E-state index contributed by atoms with van der Waals surface area (Å²) < 4.78 is 559. The first-order valence-corrected chi connectivity index (χ1v) is 15.0. The number of rotatable bonds is 18. The first-order chi connectivity index (χ1) is 31.3. The second-order valence-electron chi connectivity index (χ2n) is 12.7. The fourth-order valence-corrected chi connectivity index (χ4v) is 3.28. The van der Waals surface area contributed by atoms with Crippen molar-refractivity contribution in [1.29, 1.82) is 0 Å². The molecule has 0 unspecified atom stereocenters. The molecule has 1 radical (unpaired) electrons. The van der Waals surface area contributed by atoms with E-state index >= 15 is 0 Å². The Balaban J connectivity index is -0.000000508. The number of aliphatic carboxylic acids is 3. The minimum absolute atomic E-state index is 0. The maximum atomic E-state index is 12.8. The topological polar surface area (TPSA) is 120 Å². The molecule has 0 aliphatic carbocycles. The summed E-state index contributed by atoms with van der Waals surface area (Å²) >= 11 is 0. The zero-order valence-electron chi connectivity index (χ0n) is 31.9. The first-order valence-electron chi connectivity index (χ1n) is 15.0. The molecule has 0 bridgehead atoms. The standard InChI is InChI=1S/3C8HF15O2.Cr/c3*9-2(10,1(24)25)3(11,12)4(13,14)5(15,16)6(17,18)7(19,20)8(21,22)23;/h3*(H,24,25);/q;;;+3/p-3. The molecule has 0 saturated heterocycles. The average molecular weight is 1290 g/mol. The smallest absolute Gasteiger partial charge is 0.544 e. The summed E-state index contributed by atoms with van der Waals surface area (Å²) in [6.07, 6.45) is -23.1. The van der Waals surface area contributed by atoms with Crippen LogP contribution in [0.2, 0.25) is 0 Å². The van der Waals surface area contributed by atoms with Gasteiger partial charge in [0.25, 0.3) is 0 Å². The summed E-state index contributed by atoms with van der Waals surface area (Å²) in [6, 6.07) is 0. The van der Waals surface area contributed by atoms with Crippen LogP contribution in [0.5, 0.6) is 0 Å². The number of carbonyl (C=O) groups is 3. The fraction of sp³-hybridized carbons (Fsp3) is 0.875. The second kappa shape index (κ2) is 20.2. The number of hydrogen-bond donors (Lipinski definition) is 0. The van der Waals surface area contributed by atoms with Crippen LogP contribution in [-0.2, 0) is 31.7 Å². The second-order valence-corrected chi connectivity index (χ2v) is 12.7. The summed E-state index contributed by atoms with van der Waals surface area (Å²) in [5.41, 5.74) is 0. The Labute approximate surface area is 388 Å². The van der Waals surface area contributed by atoms with Gasteiger partial charge in [0.15, 0.2) is 0 Å². The molecule has 0 aromatic heterocycles. The maximum absolute atomic E-state index is 12.8. The van der Waals surface area contributed by atoms with E-state index in [1.165, 1.54) is 0 Å². The third-order valence-corrected chi connectivity index (χ3v) is 7.75. The van der Waals surface area contributed by atoms with Gasteiger partial charge in [-0.25, -0.2) is 0 Å². The van der Waals surface area contributed by atoms with E-state index in [0.29, 0.717) is 0 Å². The molecule has 0 spiro atoms. The molecule has 0 aliphatic heterocycles. The van der Waals surface area contributed by atoms with Crippen LogP contribution in [0.25, 0.3) is 0 Å². The minimum atomic E-state index is -8.50. The molecule has 0 heterocycles. The van der Waals surface area contributed by atoms with E-state index in [2.05, 4.69) is 0 Å². The van der Waals surface area contributed by atoms with E-state index in [4.69, 9.17) is 0 Å². The number of hydrogen-bond acceptors (Lipinski definition) is 6. The van der Waals surface area contributed by atoms with Crippen molar-refractivity contribution in [2.24, 2.45) is 0 Å². The third-order valence-electron chi connectivity index (χ3n) is 7.75. The van der Waals surface area contributed by atoms with Gasteiger partial charge in [-0.2, -0.15) is 198 Å². The predicted octanol–water partition coefficient (Wildman–Crippen LogP) is 9.33. The Morgan fingerprint density at radius 3 is 0.329 bits per heavy atom. The van der Waals surface area contributed by atoms with Gasteiger partial charge >= 0.3 is 142 Å². The van der Waals surface area contributed by atoms with Crippen LogP contribution in [-0.4, -0.2) is 143 Å². The molecule has 0 aliphatic rings. The minimum Gasteiger partial charge on any atom is -0.544 e. The fourth-order valence-electron chi connectivity index (χ4n) is 3.28. The van der Waals surface area contributed by atoms with Crippen molar-refractivity contribution < 1.29 is 245 Å². The number of carboxylic acid groups (broad SMARTS) is 3. The van der Waals surface area contributed by atoms with Gasteiger partial charge in [0.2, 0.25) is 0 Å². The Kier molecular flexibility index (Phi) is 20.8. The summed E-state index contributed by atoms with van der Waals surface area (Å²) in [5.74, 6) is -160. The molecule has 0 N–H and O–H groups in total. The molecular weight excluding hydrogens is 1290 g/mol. The van der Waals surface area contributed by atoms with E-state index in [1.54, 1.807) is 0 Å². The molecule has 0 aromatic rings. The van der Waals surface area contributed by atoms with Crippen LogP contribution < -0.4 is 15.3 Å². The van der Waals surface area contributed by atoms with Crippen molar-refractivity contribution in [2.75, 3.05) is 0 Å². The van der Waals surface area contributed by atoms with Gasteiger partial charge in [-0.15, -0.1) is 0 Å². The van der Waals surface area contributed by atoms with E-state index in [-0.39, 0.29) is 17.4 Å². The largest absolute Gasteiger partial charge is 3.00 e. The van der Waals surface area contributed by atoms with E-state index < -0.39 is 143 Å². The number of alkyl halides is 45. The van der Waals surface area contributed by atoms with E-state index in [9.17, 15) is 227 Å². The van der Waals surface area contributed by atoms with Crippen molar-refractivity contribution in [3.63, 3.8) is 0 Å². The van der Waals surface area contributed by atoms with Crippen LogP contribution in [0.4, 0.5) is 198 Å². The van der Waals surface area contributed by atoms with Gasteiger partial charge in [0.05, 0.1) is 0 Å². The molecule has 76 heavy (non-hydrogen) atoms. The SMILES string of the molecule is O=C([O-])C(F)(F)C(F)(F)C(F)(F)C(F)(F)C(F)(F)C(F)(F)C(F)(F)F.O=C([O-])C(F)(F)C(F)(F)C(F)(F)C(F)(F)C(F)(F)C(F)(F)C(F)(F)F.O=C([O-])C(F)(F)C(F)(F)C(F)(F)C(F)(F)C(F)(F)C(F)(F)C(F)(F)F.[Cr+3]. The van der Waals surface area contributed by atoms with E-state index in [0.717, 1.165) is 0 Å². The predicted molar refractivity (Wildman–Crippen MR) is 122 cm³/mol. The first kappa shape index (κ1) is 78.3. The van der Waals surface area contributed by atoms with Crippen molar-refractivity contribution in [3.8, 4) is 0 Å². The summed E-state index contributed by atoms with van der Waals surface area (Å²) in [7, 11) is 0. The third kappa shape index (κ3) is 10.7. The monoisotopic (exact) mass is 1290 g/mol. The summed E-state index contributed by atoms with van der Waals surface area (Å²) in [4.78, 5) is 28.8. The van der Waals surface area contributed by atoms with Crippen LogP contribution in [0.3, 0.4) is 0 Å². The molecule has 0 rings (SSSR count). The van der Waals surface area contributed by atoms with Gasteiger partial charge in [-0.1, -0.05) is 0 Å². The normalized spacial score (nSPS) is 15.9. The molecule has 6 nitrogen and oxygen atoms in total. The zero-order chi connectivity index (χ0) is 63.2. The Morgan fingerprint density at radius 2 is 0.250 bits per heavy atom. The van der Waals surface area contributed by atoms with Gasteiger partial charge in [-0.05, 0) is 0 Å². The van der Waals surface area contributed by atoms with Crippen molar-refractivity contribution in [3.05, 3.63) is 0 Å². The Bertz CT molecular complexity index is 1830. The van der Waals surface area contributed by atoms with Crippen molar-refractivity contribution >= 4 is 17.9 Å². The molecule has 52 heteroatoms. The van der Waals surface area contributed by atoms with Crippen molar-refractivity contribution in [1.82, 2.24) is 0 Å². The Hall–Kier alpha value is -4.21. The molecule has 0 aromatic carbocycles.